The summed E-state index contributed by atoms with van der Waals surface area (Å²) in [5.74, 6) is -0.338. The molecule has 1 aliphatic rings. The second-order valence-corrected chi connectivity index (χ2v) is 7.94. The van der Waals surface area contributed by atoms with Crippen molar-refractivity contribution in [3.8, 4) is 5.69 Å². The monoisotopic (exact) mass is 459 g/mol. The molecule has 2 aromatic heterocycles. The van der Waals surface area contributed by atoms with Crippen molar-refractivity contribution < 1.29 is 9.31 Å². The van der Waals surface area contributed by atoms with Crippen molar-refractivity contribution in [1.82, 2.24) is 14.9 Å². The van der Waals surface area contributed by atoms with Gasteiger partial charge < -0.3 is 14.8 Å². The normalized spacial score (nSPS) is 17.7. The molecule has 0 amide bonds. The van der Waals surface area contributed by atoms with Crippen LogP contribution in [0.25, 0.3) is 5.69 Å². The standard InChI is InChI=1S/C24H18FN5O2S/c25-16-9-11-17(12-10-16)29-23(22(27-24(29)33)20-7-1-2-13-26-20)21-8-4-14-28(21)18-5-3-6-19(15-18)30(31)32/h1-15,22-23H,(H,27,33)/t22-,23+/m1/s1. The third kappa shape index (κ3) is 3.83. The van der Waals surface area contributed by atoms with Crippen molar-refractivity contribution in [2.24, 2.45) is 0 Å². The number of hydrogen-bond acceptors (Lipinski definition) is 4. The van der Waals surface area contributed by atoms with Gasteiger partial charge in [-0.05, 0) is 66.8 Å². The van der Waals surface area contributed by atoms with Crippen molar-refractivity contribution in [2.45, 2.75) is 12.1 Å². The Labute approximate surface area is 194 Å². The number of thiocarbonyl (C=S) groups is 1. The van der Waals surface area contributed by atoms with Crippen LogP contribution < -0.4 is 10.2 Å². The third-order valence-electron chi connectivity index (χ3n) is 5.60. The summed E-state index contributed by atoms with van der Waals surface area (Å²) in [6.45, 7) is 0. The highest BCUT2D eigenvalue weighted by molar-refractivity contribution is 7.80. The lowest BCUT2D eigenvalue weighted by molar-refractivity contribution is -0.384. The molecule has 0 aliphatic carbocycles. The first-order chi connectivity index (χ1) is 16.0. The third-order valence-corrected chi connectivity index (χ3v) is 5.92. The van der Waals surface area contributed by atoms with Crippen molar-refractivity contribution in [3.63, 3.8) is 0 Å². The van der Waals surface area contributed by atoms with Crippen molar-refractivity contribution >= 4 is 28.7 Å². The Kier molecular flexibility index (Phi) is 5.31. The van der Waals surface area contributed by atoms with E-state index in [0.717, 1.165) is 17.1 Å². The Hall–Kier alpha value is -4.11. The Morgan fingerprint density at radius 1 is 1.00 bits per heavy atom. The predicted molar refractivity (Wildman–Crippen MR) is 127 cm³/mol. The summed E-state index contributed by atoms with van der Waals surface area (Å²) in [6.07, 6.45) is 3.57. The lowest BCUT2D eigenvalue weighted by Crippen LogP contribution is -2.30. The molecule has 1 N–H and O–H groups in total. The quantitative estimate of drug-likeness (QED) is 0.254. The van der Waals surface area contributed by atoms with Gasteiger partial charge in [-0.3, -0.25) is 15.1 Å². The number of aromatic nitrogens is 2. The molecular weight excluding hydrogens is 441 g/mol. The molecule has 3 heterocycles. The van der Waals surface area contributed by atoms with Crippen LogP contribution in [0.3, 0.4) is 0 Å². The largest absolute Gasteiger partial charge is 0.351 e. The SMILES string of the molecule is O=[N+]([O-])c1cccc(-n2cccc2[C@H]2[C@@H](c3ccccn3)NC(=S)N2c2ccc(F)cc2)c1. The number of nitro benzene ring substituents is 1. The van der Waals surface area contributed by atoms with Gasteiger partial charge in [0.25, 0.3) is 5.69 Å². The maximum absolute atomic E-state index is 13.6. The van der Waals surface area contributed by atoms with Gasteiger partial charge in [0.05, 0.1) is 22.3 Å². The summed E-state index contributed by atoms with van der Waals surface area (Å²) >= 11 is 5.69. The van der Waals surface area contributed by atoms with E-state index in [-0.39, 0.29) is 23.6 Å². The molecule has 7 nitrogen and oxygen atoms in total. The van der Waals surface area contributed by atoms with Crippen molar-refractivity contribution in [3.05, 3.63) is 119 Å². The van der Waals surface area contributed by atoms with Crippen LogP contribution in [0.1, 0.15) is 23.5 Å². The fraction of sp³-hybridized carbons (Fsp3) is 0.0833. The minimum Gasteiger partial charge on any atom is -0.351 e. The second-order valence-electron chi connectivity index (χ2n) is 7.55. The number of non-ortho nitro benzene ring substituents is 1. The summed E-state index contributed by atoms with van der Waals surface area (Å²) in [4.78, 5) is 17.4. The molecule has 5 rings (SSSR count). The highest BCUT2D eigenvalue weighted by Crippen LogP contribution is 2.42. The predicted octanol–water partition coefficient (Wildman–Crippen LogP) is 5.10. The van der Waals surface area contributed by atoms with Gasteiger partial charge in [0.2, 0.25) is 0 Å². The molecule has 0 saturated carbocycles. The van der Waals surface area contributed by atoms with Gasteiger partial charge in [-0.2, -0.15) is 0 Å². The summed E-state index contributed by atoms with van der Waals surface area (Å²) in [6, 6.07) is 21.5. The number of benzene rings is 2. The van der Waals surface area contributed by atoms with Crippen LogP contribution in [0.2, 0.25) is 0 Å². The van der Waals surface area contributed by atoms with Gasteiger partial charge in [0.15, 0.2) is 5.11 Å². The molecule has 33 heavy (non-hydrogen) atoms. The van der Waals surface area contributed by atoms with Gasteiger partial charge in [0.1, 0.15) is 11.9 Å². The van der Waals surface area contributed by atoms with Crippen molar-refractivity contribution in [1.29, 1.82) is 0 Å². The fourth-order valence-corrected chi connectivity index (χ4v) is 4.51. The molecule has 0 spiro atoms. The van der Waals surface area contributed by atoms with E-state index in [1.54, 1.807) is 24.4 Å². The van der Waals surface area contributed by atoms with E-state index in [9.17, 15) is 14.5 Å². The number of nitro groups is 1. The van der Waals surface area contributed by atoms with Crippen LogP contribution in [0.15, 0.2) is 91.3 Å². The van der Waals surface area contributed by atoms with Gasteiger partial charge in [-0.25, -0.2) is 4.39 Å². The average Bonchev–Trinajstić information content (AvgIpc) is 3.44. The molecule has 2 atom stereocenters. The van der Waals surface area contributed by atoms with Crippen LogP contribution in [-0.2, 0) is 0 Å². The number of anilines is 1. The highest BCUT2D eigenvalue weighted by atomic mass is 32.1. The number of halogens is 1. The van der Waals surface area contributed by atoms with Gasteiger partial charge in [0, 0.05) is 35.9 Å². The maximum Gasteiger partial charge on any atom is 0.271 e. The van der Waals surface area contributed by atoms with Crippen LogP contribution >= 0.6 is 12.2 Å². The number of rotatable bonds is 5. The first-order valence-corrected chi connectivity index (χ1v) is 10.6. The summed E-state index contributed by atoms with van der Waals surface area (Å²) in [7, 11) is 0. The zero-order chi connectivity index (χ0) is 22.9. The van der Waals surface area contributed by atoms with Crippen LogP contribution in [-0.4, -0.2) is 19.6 Å². The molecule has 2 aromatic carbocycles. The molecule has 1 saturated heterocycles. The van der Waals surface area contributed by atoms with E-state index < -0.39 is 4.92 Å². The lowest BCUT2D eigenvalue weighted by Gasteiger charge is -2.29. The van der Waals surface area contributed by atoms with Gasteiger partial charge in [-0.1, -0.05) is 12.1 Å². The smallest absolute Gasteiger partial charge is 0.271 e. The molecule has 1 aliphatic heterocycles. The molecule has 164 valence electrons. The van der Waals surface area contributed by atoms with E-state index in [1.165, 1.54) is 24.3 Å². The maximum atomic E-state index is 13.6. The zero-order valence-corrected chi connectivity index (χ0v) is 18.0. The van der Waals surface area contributed by atoms with E-state index in [2.05, 4.69) is 10.3 Å². The van der Waals surface area contributed by atoms with E-state index in [0.29, 0.717) is 10.8 Å². The van der Waals surface area contributed by atoms with Crippen LogP contribution in [0, 0.1) is 15.9 Å². The first kappa shape index (κ1) is 20.8. The van der Waals surface area contributed by atoms with Gasteiger partial charge >= 0.3 is 0 Å². The summed E-state index contributed by atoms with van der Waals surface area (Å²) in [5, 5.41) is 15.2. The average molecular weight is 460 g/mol. The minimum absolute atomic E-state index is 0.00360. The molecule has 0 radical (unpaired) electrons. The highest BCUT2D eigenvalue weighted by Gasteiger charge is 2.42. The Morgan fingerprint density at radius 2 is 1.82 bits per heavy atom. The van der Waals surface area contributed by atoms with Crippen LogP contribution in [0.4, 0.5) is 15.8 Å². The Balaban J connectivity index is 1.66. The number of nitrogens with zero attached hydrogens (tertiary/aromatic N) is 4. The van der Waals surface area contributed by atoms with E-state index in [4.69, 9.17) is 12.2 Å². The molecule has 1 fully saturated rings. The molecule has 9 heteroatoms. The summed E-state index contributed by atoms with van der Waals surface area (Å²) < 4.78 is 15.5. The fourth-order valence-electron chi connectivity index (χ4n) is 4.16. The van der Waals surface area contributed by atoms with Crippen LogP contribution in [0.5, 0.6) is 0 Å². The topological polar surface area (TPSA) is 76.2 Å². The molecule has 4 aromatic rings. The summed E-state index contributed by atoms with van der Waals surface area (Å²) in [5.41, 5.74) is 3.03. The molecule has 0 bridgehead atoms. The second kappa shape index (κ2) is 8.44. The van der Waals surface area contributed by atoms with E-state index >= 15 is 0 Å². The minimum atomic E-state index is -0.416. The lowest BCUT2D eigenvalue weighted by atomic mass is 10.0. The molecular formula is C24H18FN5O2S. The number of pyridine rings is 1. The van der Waals surface area contributed by atoms with Gasteiger partial charge in [-0.15, -0.1) is 0 Å². The van der Waals surface area contributed by atoms with Crippen molar-refractivity contribution in [2.75, 3.05) is 4.90 Å². The number of hydrogen-bond donors (Lipinski definition) is 1. The first-order valence-electron chi connectivity index (χ1n) is 10.2. The Bertz CT molecular complexity index is 1330. The Morgan fingerprint density at radius 3 is 2.55 bits per heavy atom. The zero-order valence-electron chi connectivity index (χ0n) is 17.2. The van der Waals surface area contributed by atoms with E-state index in [1.807, 2.05) is 52.1 Å². The number of nitrogens with one attached hydrogen (secondary N) is 1. The molecule has 0 unspecified atom stereocenters.